The summed E-state index contributed by atoms with van der Waals surface area (Å²) < 4.78 is 7.21. The molecule has 7 nitrogen and oxygen atoms in total. The van der Waals surface area contributed by atoms with Crippen LogP contribution in [0.25, 0.3) is 206 Å². The maximum atomic E-state index is 5.18. The van der Waals surface area contributed by atoms with Crippen LogP contribution in [0.4, 0.5) is 0 Å². The highest BCUT2D eigenvalue weighted by molar-refractivity contribution is 6.14. The quantitative estimate of drug-likeness (QED) is 0.115. The van der Waals surface area contributed by atoms with E-state index in [4.69, 9.17) is 19.9 Å². The largest absolute Gasteiger partial charge is 0.309 e. The summed E-state index contributed by atoms with van der Waals surface area (Å²) in [5, 5.41) is 7.45. The van der Waals surface area contributed by atoms with Crippen LogP contribution < -0.4 is 0 Å². The lowest BCUT2D eigenvalue weighted by Gasteiger charge is -2.23. The second-order valence-electron chi connectivity index (χ2n) is 33.9. The van der Waals surface area contributed by atoms with Crippen molar-refractivity contribution < 1.29 is 0 Å². The topological polar surface area (TPSA) is 66.3 Å². The van der Waals surface area contributed by atoms with Gasteiger partial charge in [-0.15, -0.1) is 0 Å². The average Bonchev–Trinajstić information content (AvgIpc) is 1.57. The third-order valence-corrected chi connectivity index (χ3v) is 26.3. The Morgan fingerprint density at radius 2 is 0.520 bits per heavy atom. The Labute approximate surface area is 736 Å². The summed E-state index contributed by atoms with van der Waals surface area (Å²) in [4.78, 5) is 20.4. The van der Waals surface area contributed by atoms with Crippen LogP contribution in [0, 0.1) is 0 Å². The fraction of sp³-hybridized carbons (Fsp3) is 0.0333. The molecule has 0 fully saturated rings. The summed E-state index contributed by atoms with van der Waals surface area (Å²) in [6.45, 7) is 4.73. The van der Waals surface area contributed by atoms with Crippen LogP contribution in [0.1, 0.15) is 47.6 Å². The van der Waals surface area contributed by atoms with Crippen molar-refractivity contribution in [3.63, 3.8) is 0 Å². The van der Waals surface area contributed by atoms with E-state index >= 15 is 0 Å². The summed E-state index contributed by atoms with van der Waals surface area (Å²) in [5.41, 5.74) is 39.3. The maximum Gasteiger partial charge on any atom is 0.160 e. The second-order valence-corrected chi connectivity index (χ2v) is 33.9. The molecule has 2 aliphatic carbocycles. The van der Waals surface area contributed by atoms with Crippen LogP contribution in [-0.4, -0.2) is 33.6 Å². The van der Waals surface area contributed by atoms with E-state index in [-0.39, 0.29) is 11.3 Å². The van der Waals surface area contributed by atoms with E-state index in [0.717, 1.165) is 73.4 Å². The van der Waals surface area contributed by atoms with Crippen LogP contribution in [0.15, 0.2) is 449 Å². The molecule has 127 heavy (non-hydrogen) atoms. The van der Waals surface area contributed by atoms with Crippen molar-refractivity contribution in [2.24, 2.45) is 0 Å². The van der Waals surface area contributed by atoms with Gasteiger partial charge in [0.1, 0.15) is 0 Å². The van der Waals surface area contributed by atoms with E-state index in [1.54, 1.807) is 0 Å². The number of para-hydroxylation sites is 4. The molecule has 0 saturated heterocycles. The molecule has 7 heteroatoms. The molecule has 23 aromatic rings. The Balaban J connectivity index is 0.000000142. The number of hydrogen-bond donors (Lipinski definition) is 0. The zero-order valence-corrected chi connectivity index (χ0v) is 69.9. The molecule has 0 radical (unpaired) electrons. The lowest BCUT2D eigenvalue weighted by molar-refractivity contribution is 0.660. The van der Waals surface area contributed by atoms with Crippen molar-refractivity contribution in [3.8, 4) is 141 Å². The van der Waals surface area contributed by atoms with Crippen molar-refractivity contribution in [2.75, 3.05) is 0 Å². The van der Waals surface area contributed by atoms with Crippen LogP contribution >= 0.6 is 0 Å². The van der Waals surface area contributed by atoms with Gasteiger partial charge < -0.3 is 13.7 Å². The van der Waals surface area contributed by atoms with Gasteiger partial charge in [0.05, 0.1) is 55.9 Å². The third-order valence-electron chi connectivity index (χ3n) is 26.3. The number of rotatable bonds is 13. The second kappa shape index (κ2) is 30.5. The summed E-state index contributed by atoms with van der Waals surface area (Å²) in [6, 6.07) is 162. The molecular formula is C120H81N7. The van der Waals surface area contributed by atoms with E-state index in [0.29, 0.717) is 5.82 Å². The average molecular weight is 1620 g/mol. The molecular weight excluding hydrogens is 1540 g/mol. The van der Waals surface area contributed by atoms with Gasteiger partial charge in [-0.05, 0) is 199 Å². The van der Waals surface area contributed by atoms with Crippen molar-refractivity contribution >= 4 is 65.4 Å². The molecule has 5 heterocycles. The molecule has 25 rings (SSSR count). The SMILES string of the molecule is CC1(C)c2cc(-c3cc(-c4ccccc4)nc(-c4ccccc4)n3)ccc2-c2ccc(-n3c4ccccc4c4cc(-c5ccc6c(c5)-c5ccccc5C6c5ccccc5)ccc43)cc21.c1ccc(-c2ccc(-c3cc(-c4ccc(-n5c6ccccc6c6cc(-c7ccc8c(c7)c7ccccc7n8-c7ccccc7)ccc65)cc4)nc(-c4ccccc4)n3)cc2)cc1. The van der Waals surface area contributed by atoms with Gasteiger partial charge in [-0.25, -0.2) is 19.9 Å². The first kappa shape index (κ1) is 74.4. The highest BCUT2D eigenvalue weighted by atomic mass is 15.0. The third kappa shape index (κ3) is 12.9. The normalized spacial score (nSPS) is 12.9. The number of hydrogen-bond acceptors (Lipinski definition) is 4. The molecule has 5 aromatic heterocycles. The van der Waals surface area contributed by atoms with Gasteiger partial charge in [0.2, 0.25) is 0 Å². The van der Waals surface area contributed by atoms with Crippen LogP contribution in [-0.2, 0) is 5.41 Å². The van der Waals surface area contributed by atoms with Crippen LogP contribution in [0.2, 0.25) is 0 Å². The number of fused-ring (bicyclic) bond motifs is 15. The molecule has 0 amide bonds. The molecule has 0 aliphatic heterocycles. The van der Waals surface area contributed by atoms with Gasteiger partial charge in [-0.2, -0.15) is 0 Å². The summed E-state index contributed by atoms with van der Waals surface area (Å²) in [7, 11) is 0. The number of benzene rings is 18. The van der Waals surface area contributed by atoms with E-state index in [9.17, 15) is 0 Å². The molecule has 1 unspecified atom stereocenters. The fourth-order valence-corrected chi connectivity index (χ4v) is 20.1. The molecule has 0 bridgehead atoms. The van der Waals surface area contributed by atoms with E-state index < -0.39 is 0 Å². The Bertz CT molecular complexity index is 8180. The van der Waals surface area contributed by atoms with Gasteiger partial charge in [0.15, 0.2) is 11.6 Å². The Morgan fingerprint density at radius 3 is 1.03 bits per heavy atom. The van der Waals surface area contributed by atoms with Gasteiger partial charge in [-0.3, -0.25) is 0 Å². The van der Waals surface area contributed by atoms with E-state index in [1.165, 1.54) is 155 Å². The lowest BCUT2D eigenvalue weighted by atomic mass is 9.81. The van der Waals surface area contributed by atoms with Gasteiger partial charge in [0, 0.05) is 94.1 Å². The van der Waals surface area contributed by atoms with Gasteiger partial charge >= 0.3 is 0 Å². The molecule has 596 valence electrons. The minimum absolute atomic E-state index is 0.240. The highest BCUT2D eigenvalue weighted by Gasteiger charge is 2.37. The Morgan fingerprint density at radius 1 is 0.197 bits per heavy atom. The Kier molecular flexibility index (Phi) is 17.9. The van der Waals surface area contributed by atoms with E-state index in [2.05, 4.69) is 428 Å². The Hall–Kier alpha value is -16.5. The zero-order chi connectivity index (χ0) is 84.2. The van der Waals surface area contributed by atoms with E-state index in [1.807, 2.05) is 48.5 Å². The molecule has 18 aromatic carbocycles. The highest BCUT2D eigenvalue weighted by Crippen LogP contribution is 2.53. The fourth-order valence-electron chi connectivity index (χ4n) is 20.1. The standard InChI is InChI=1S/C62H43N3.C58H38N4/c1-62(2)54-36-44(57-38-56(39-16-6-3-7-17-39)63-61(64-57)41-20-10-5-11-21-41)27-30-47(54)48-32-29-45(37-55(48)62)65-58-25-15-14-23-49(58)53-35-43(28-33-59(53)65)42-26-31-51-52(34-42)46-22-12-13-24-50(46)60(51)40-18-8-4-9-19-40;1-4-14-39(15-5-1)40-24-26-41(27-25-40)52-38-53(60-58(59-52)43-16-6-2-7-17-43)42-28-32-47(33-29-42)62-55-23-13-11-21-49(55)51-37-45(31-35-57(51)62)44-30-34-56-50(36-44)48-20-10-12-22-54(48)61(56)46-18-8-3-9-19-46/h3-38,60H,1-2H3;1-38H. The van der Waals surface area contributed by atoms with Gasteiger partial charge in [0.25, 0.3) is 0 Å². The minimum Gasteiger partial charge on any atom is -0.309 e. The molecule has 0 saturated carbocycles. The number of aromatic nitrogens is 7. The lowest BCUT2D eigenvalue weighted by Crippen LogP contribution is -2.15. The molecule has 2 aliphatic rings. The number of nitrogens with zero attached hydrogens (tertiary/aromatic N) is 7. The summed E-state index contributed by atoms with van der Waals surface area (Å²) in [5.74, 6) is 1.67. The van der Waals surface area contributed by atoms with Crippen LogP contribution in [0.5, 0.6) is 0 Å². The predicted molar refractivity (Wildman–Crippen MR) is 526 cm³/mol. The van der Waals surface area contributed by atoms with Crippen molar-refractivity contribution in [3.05, 3.63) is 477 Å². The first-order chi connectivity index (χ1) is 62.7. The molecule has 1 atom stereocenters. The smallest absolute Gasteiger partial charge is 0.160 e. The zero-order valence-electron chi connectivity index (χ0n) is 69.9. The molecule has 0 spiro atoms. The maximum absolute atomic E-state index is 5.18. The summed E-state index contributed by atoms with van der Waals surface area (Å²) >= 11 is 0. The van der Waals surface area contributed by atoms with Crippen molar-refractivity contribution in [1.82, 2.24) is 33.6 Å². The first-order valence-corrected chi connectivity index (χ1v) is 43.7. The van der Waals surface area contributed by atoms with Gasteiger partial charge in [-0.1, -0.05) is 347 Å². The minimum atomic E-state index is -0.244. The summed E-state index contributed by atoms with van der Waals surface area (Å²) in [6.07, 6.45) is 0. The first-order valence-electron chi connectivity index (χ1n) is 43.7. The predicted octanol–water partition coefficient (Wildman–Crippen LogP) is 30.7. The van der Waals surface area contributed by atoms with Crippen molar-refractivity contribution in [1.29, 1.82) is 0 Å². The van der Waals surface area contributed by atoms with Crippen LogP contribution in [0.3, 0.4) is 0 Å². The monoisotopic (exact) mass is 1620 g/mol. The molecule has 0 N–H and O–H groups in total. The van der Waals surface area contributed by atoms with Crippen molar-refractivity contribution in [2.45, 2.75) is 25.2 Å².